The van der Waals surface area contributed by atoms with Gasteiger partial charge < -0.3 is 9.47 Å². The summed E-state index contributed by atoms with van der Waals surface area (Å²) in [5, 5.41) is 0. The monoisotopic (exact) mass is 489 g/mol. The summed E-state index contributed by atoms with van der Waals surface area (Å²) in [6.45, 7) is 8.32. The number of alkyl halides is 3. The third-order valence-corrected chi connectivity index (χ3v) is 4.55. The van der Waals surface area contributed by atoms with Crippen LogP contribution < -0.4 is 4.74 Å². The molecule has 2 aromatic rings. The highest BCUT2D eigenvalue weighted by atomic mass is 35.5. The Labute approximate surface area is 190 Å². The molecule has 10 heteroatoms. The molecule has 0 radical (unpaired) electrons. The predicted octanol–water partition coefficient (Wildman–Crippen LogP) is 7.49. The molecule has 1 aromatic heterocycles. The Kier molecular flexibility index (Phi) is 14.1. The summed E-state index contributed by atoms with van der Waals surface area (Å²) in [4.78, 5) is 5.09. The molecule has 0 aliphatic carbocycles. The van der Waals surface area contributed by atoms with Crippen molar-refractivity contribution in [2.24, 2.45) is 5.92 Å². The molecule has 0 aliphatic heterocycles. The molecule has 0 atom stereocenters. The van der Waals surface area contributed by atoms with Crippen molar-refractivity contribution in [2.45, 2.75) is 40.3 Å². The average Bonchev–Trinajstić information content (AvgIpc) is 3.04. The van der Waals surface area contributed by atoms with Crippen LogP contribution in [-0.2, 0) is 17.3 Å². The predicted molar refractivity (Wildman–Crippen MR) is 123 cm³/mol. The number of rotatable bonds is 7. The summed E-state index contributed by atoms with van der Waals surface area (Å²) in [5.74, 6) is 0.119. The van der Waals surface area contributed by atoms with Crippen molar-refractivity contribution in [3.05, 3.63) is 33.1 Å². The maximum atomic E-state index is 13.4. The first kappa shape index (κ1) is 28.4. The molecule has 0 aliphatic rings. The minimum Gasteiger partial charge on any atom is -0.491 e. The molecule has 3 nitrogen and oxygen atoms in total. The van der Waals surface area contributed by atoms with E-state index in [0.29, 0.717) is 28.1 Å². The van der Waals surface area contributed by atoms with E-state index in [-0.39, 0.29) is 19.0 Å². The zero-order valence-electron chi connectivity index (χ0n) is 17.0. The molecule has 0 amide bonds. The van der Waals surface area contributed by atoms with Gasteiger partial charge in [0.25, 0.3) is 0 Å². The summed E-state index contributed by atoms with van der Waals surface area (Å²) in [6.07, 6.45) is -3.83. The maximum absolute atomic E-state index is 13.4. The Morgan fingerprint density at radius 3 is 2.31 bits per heavy atom. The van der Waals surface area contributed by atoms with Gasteiger partial charge in [-0.1, -0.05) is 39.3 Å². The molecule has 1 aromatic carbocycles. The fourth-order valence-electron chi connectivity index (χ4n) is 2.32. The van der Waals surface area contributed by atoms with Gasteiger partial charge in [-0.25, -0.2) is 4.98 Å². The molecular weight excluding hydrogens is 463 g/mol. The second-order valence-corrected chi connectivity index (χ2v) is 7.55. The van der Waals surface area contributed by atoms with E-state index in [0.717, 1.165) is 10.9 Å². The van der Waals surface area contributed by atoms with E-state index in [9.17, 15) is 13.2 Å². The minimum absolute atomic E-state index is 0.0417. The van der Waals surface area contributed by atoms with Gasteiger partial charge in [0.05, 0.1) is 17.9 Å². The fourth-order valence-corrected chi connectivity index (χ4v) is 3.70. The lowest BCUT2D eigenvalue weighted by atomic mass is 10.0. The lowest BCUT2D eigenvalue weighted by Gasteiger charge is -2.15. The highest BCUT2D eigenvalue weighted by Crippen LogP contribution is 2.40. The average molecular weight is 490 g/mol. The lowest BCUT2D eigenvalue weighted by Crippen LogP contribution is -2.11. The molecule has 0 unspecified atom stereocenters. The number of benzene rings is 1. The first-order valence-corrected chi connectivity index (χ1v) is 11.7. The first-order chi connectivity index (χ1) is 13.7. The van der Waals surface area contributed by atoms with Crippen molar-refractivity contribution in [2.75, 3.05) is 20.3 Å². The highest BCUT2D eigenvalue weighted by Gasteiger charge is 2.35. The first-order valence-electron chi connectivity index (χ1n) is 8.91. The van der Waals surface area contributed by atoms with Crippen molar-refractivity contribution < 1.29 is 22.6 Å². The van der Waals surface area contributed by atoms with Gasteiger partial charge >= 0.3 is 6.18 Å². The van der Waals surface area contributed by atoms with E-state index in [1.807, 2.05) is 27.7 Å². The zero-order valence-corrected chi connectivity index (χ0v) is 20.4. The number of hydrogen-bond acceptors (Lipinski definition) is 6. The molecule has 0 N–H and O–H groups in total. The Morgan fingerprint density at radius 1 is 1.17 bits per heavy atom. The third kappa shape index (κ3) is 9.38. The molecular formula is C19H27ClF3NO2S3. The van der Waals surface area contributed by atoms with Crippen LogP contribution in [0.3, 0.4) is 0 Å². The van der Waals surface area contributed by atoms with Gasteiger partial charge in [-0.3, -0.25) is 0 Å². The van der Waals surface area contributed by atoms with Crippen LogP contribution in [0.2, 0.25) is 4.47 Å². The van der Waals surface area contributed by atoms with Gasteiger partial charge in [-0.05, 0) is 30.5 Å². The summed E-state index contributed by atoms with van der Waals surface area (Å²) in [7, 11) is 1.46. The third-order valence-electron chi connectivity index (χ3n) is 3.37. The van der Waals surface area contributed by atoms with Gasteiger partial charge in [0.1, 0.15) is 12.4 Å². The number of nitrogens with zero attached hydrogens (tertiary/aromatic N) is 1. The molecule has 2 rings (SSSR count). The van der Waals surface area contributed by atoms with Crippen molar-refractivity contribution in [1.29, 1.82) is 0 Å². The normalized spacial score (nSPS) is 10.8. The molecule has 0 saturated heterocycles. The van der Waals surface area contributed by atoms with Gasteiger partial charge in [0, 0.05) is 17.6 Å². The Morgan fingerprint density at radius 2 is 1.79 bits per heavy atom. The topological polar surface area (TPSA) is 31.4 Å². The number of ether oxygens (including phenoxy) is 2. The minimum atomic E-state index is -4.53. The highest BCUT2D eigenvalue weighted by molar-refractivity contribution is 8.59. The van der Waals surface area contributed by atoms with Crippen LogP contribution in [0.25, 0.3) is 11.3 Å². The number of aromatic nitrogens is 1. The Hall–Kier alpha value is -0.610. The van der Waals surface area contributed by atoms with Gasteiger partial charge in [0.15, 0.2) is 4.47 Å². The standard InChI is InChI=1S/C17H19ClF3NO2S.C2H6.H2S2/c1-10(2)8-14-15(22-16(18)25-14)11-4-5-13(24-7-6-23-3)12(9-11)17(19,20)21;2*1-2/h4-5,9-10H,6-8H2,1-3H3;1-2H3;1-2H. The largest absolute Gasteiger partial charge is 0.491 e. The summed E-state index contributed by atoms with van der Waals surface area (Å²) >= 11 is 13.7. The second-order valence-electron chi connectivity index (χ2n) is 5.89. The number of hydrogen-bond donors (Lipinski definition) is 2. The van der Waals surface area contributed by atoms with Gasteiger partial charge in [0.2, 0.25) is 0 Å². The van der Waals surface area contributed by atoms with E-state index in [2.05, 4.69) is 28.3 Å². The van der Waals surface area contributed by atoms with Crippen LogP contribution in [0.4, 0.5) is 13.2 Å². The summed E-state index contributed by atoms with van der Waals surface area (Å²) in [6, 6.07) is 3.96. The van der Waals surface area contributed by atoms with E-state index >= 15 is 0 Å². The van der Waals surface area contributed by atoms with E-state index in [1.54, 1.807) is 6.07 Å². The number of thiazole rings is 1. The number of methoxy groups -OCH3 is 1. The van der Waals surface area contributed by atoms with E-state index in [1.165, 1.54) is 24.5 Å². The van der Waals surface area contributed by atoms with Crippen molar-refractivity contribution >= 4 is 46.3 Å². The van der Waals surface area contributed by atoms with E-state index in [4.69, 9.17) is 21.1 Å². The van der Waals surface area contributed by atoms with Crippen LogP contribution in [0.15, 0.2) is 18.2 Å². The van der Waals surface area contributed by atoms with Crippen LogP contribution in [-0.4, -0.2) is 25.3 Å². The van der Waals surface area contributed by atoms with Crippen molar-refractivity contribution in [3.8, 4) is 17.0 Å². The van der Waals surface area contributed by atoms with Crippen LogP contribution >= 0.6 is 46.3 Å². The molecule has 0 fully saturated rings. The van der Waals surface area contributed by atoms with E-state index < -0.39 is 11.7 Å². The zero-order chi connectivity index (χ0) is 22.6. The van der Waals surface area contributed by atoms with Crippen molar-refractivity contribution in [3.63, 3.8) is 0 Å². The van der Waals surface area contributed by atoms with Crippen LogP contribution in [0, 0.1) is 5.92 Å². The molecule has 1 heterocycles. The molecule has 0 saturated carbocycles. The quantitative estimate of drug-likeness (QED) is 0.240. The second kappa shape index (κ2) is 14.4. The smallest absolute Gasteiger partial charge is 0.419 e. The molecule has 0 bridgehead atoms. The summed E-state index contributed by atoms with van der Waals surface area (Å²) in [5.41, 5.74) is 0.0450. The Balaban J connectivity index is 0.00000184. The van der Waals surface area contributed by atoms with Crippen LogP contribution in [0.1, 0.15) is 38.1 Å². The van der Waals surface area contributed by atoms with Gasteiger partial charge in [-0.2, -0.15) is 13.2 Å². The Bertz CT molecular complexity index is 725. The summed E-state index contributed by atoms with van der Waals surface area (Å²) < 4.78 is 50.6. The van der Waals surface area contributed by atoms with Crippen molar-refractivity contribution in [1.82, 2.24) is 4.98 Å². The molecule has 29 heavy (non-hydrogen) atoms. The van der Waals surface area contributed by atoms with Gasteiger partial charge in [-0.15, -0.1) is 34.7 Å². The fraction of sp³-hybridized carbons (Fsp3) is 0.526. The molecule has 166 valence electrons. The lowest BCUT2D eigenvalue weighted by molar-refractivity contribution is -0.139. The number of thiol groups is 2. The molecule has 0 spiro atoms. The maximum Gasteiger partial charge on any atom is 0.419 e. The number of halogens is 4. The SMILES string of the molecule is CC.COCCOc1ccc(-c2nc(Cl)sc2CC(C)C)cc1C(F)(F)F.SS. The van der Waals surface area contributed by atoms with Crippen LogP contribution in [0.5, 0.6) is 5.75 Å².